The minimum absolute atomic E-state index is 0.170. The van der Waals surface area contributed by atoms with Crippen molar-refractivity contribution in [3.8, 4) is 0 Å². The van der Waals surface area contributed by atoms with Crippen LogP contribution in [0.5, 0.6) is 0 Å². The monoisotopic (exact) mass is 373 g/mol. The average Bonchev–Trinajstić information content (AvgIpc) is 2.59. The van der Waals surface area contributed by atoms with Crippen molar-refractivity contribution in [3.63, 3.8) is 0 Å². The largest absolute Gasteiger partial charge is 0.262 e. The summed E-state index contributed by atoms with van der Waals surface area (Å²) in [6.07, 6.45) is 0. The molecule has 27 heavy (non-hydrogen) atoms. The van der Waals surface area contributed by atoms with Gasteiger partial charge in [-0.05, 0) is 67.6 Å². The van der Waals surface area contributed by atoms with Gasteiger partial charge < -0.3 is 0 Å². The van der Waals surface area contributed by atoms with Gasteiger partial charge in [0.2, 0.25) is 0 Å². The van der Waals surface area contributed by atoms with Crippen LogP contribution in [0.4, 0.5) is 0 Å². The van der Waals surface area contributed by atoms with Crippen LogP contribution in [-0.4, -0.2) is 13.1 Å². The van der Waals surface area contributed by atoms with Gasteiger partial charge in [0.15, 0.2) is 0 Å². The second-order valence-electron chi connectivity index (χ2n) is 8.80. The summed E-state index contributed by atoms with van der Waals surface area (Å²) in [5.41, 5.74) is 9.23. The van der Waals surface area contributed by atoms with Crippen LogP contribution < -0.4 is 5.32 Å². The molecule has 0 saturated carbocycles. The van der Waals surface area contributed by atoms with Gasteiger partial charge in [0, 0.05) is 5.32 Å². The first kappa shape index (κ1) is 19.6. The third-order valence-corrected chi connectivity index (χ3v) is 7.22. The molecule has 3 rings (SSSR count). The summed E-state index contributed by atoms with van der Waals surface area (Å²) < 4.78 is 0. The molecular weight excluding hydrogens is 342 g/mol. The van der Waals surface area contributed by atoms with Crippen molar-refractivity contribution in [1.29, 1.82) is 0 Å². The molecule has 0 aliphatic carbocycles. The van der Waals surface area contributed by atoms with Gasteiger partial charge in [0.25, 0.3) is 0 Å². The Morgan fingerprint density at radius 2 is 1.37 bits per heavy atom. The van der Waals surface area contributed by atoms with Crippen molar-refractivity contribution in [2.45, 2.75) is 53.3 Å². The fraction of sp³-hybridized carbons (Fsp3) is 0.320. The van der Waals surface area contributed by atoms with Crippen LogP contribution in [0.2, 0.25) is 19.6 Å². The number of nitrogens with zero attached hydrogens (tertiary/aromatic N) is 1. The first-order chi connectivity index (χ1) is 12.7. The lowest BCUT2D eigenvalue weighted by atomic mass is 9.81. The Balaban J connectivity index is 2.29. The number of aromatic nitrogens is 1. The zero-order valence-corrected chi connectivity index (χ0v) is 18.7. The number of aryl methyl sites for hydroxylation is 4. The molecule has 2 aromatic carbocycles. The Bertz CT molecular complexity index is 946. The number of hydrogen-bond donors (Lipinski definition) is 0. The van der Waals surface area contributed by atoms with Gasteiger partial charge in [-0.3, -0.25) is 4.98 Å². The summed E-state index contributed by atoms with van der Waals surface area (Å²) in [6, 6.07) is 20.0. The first-order valence-electron chi connectivity index (χ1n) is 9.79. The number of benzene rings is 2. The van der Waals surface area contributed by atoms with E-state index in [-0.39, 0.29) is 5.92 Å². The van der Waals surface area contributed by atoms with E-state index < -0.39 is 8.07 Å². The Kier molecular flexibility index (Phi) is 5.39. The van der Waals surface area contributed by atoms with Gasteiger partial charge >= 0.3 is 0 Å². The molecule has 0 saturated heterocycles. The zero-order chi connectivity index (χ0) is 19.8. The van der Waals surface area contributed by atoms with Crippen molar-refractivity contribution in [2.24, 2.45) is 0 Å². The number of pyridine rings is 1. The molecule has 0 aliphatic rings. The van der Waals surface area contributed by atoms with Crippen LogP contribution in [-0.2, 0) is 0 Å². The van der Waals surface area contributed by atoms with Crippen LogP contribution in [0, 0.1) is 27.7 Å². The summed E-state index contributed by atoms with van der Waals surface area (Å²) in [7, 11) is -1.47. The van der Waals surface area contributed by atoms with E-state index in [1.807, 2.05) is 0 Å². The molecule has 0 fully saturated rings. The minimum atomic E-state index is -1.47. The van der Waals surface area contributed by atoms with Crippen molar-refractivity contribution in [1.82, 2.24) is 4.98 Å². The van der Waals surface area contributed by atoms with E-state index in [1.54, 1.807) is 0 Å². The van der Waals surface area contributed by atoms with Gasteiger partial charge in [0.1, 0.15) is 8.07 Å². The van der Waals surface area contributed by atoms with Crippen molar-refractivity contribution < 1.29 is 0 Å². The highest BCUT2D eigenvalue weighted by molar-refractivity contribution is 6.88. The van der Waals surface area contributed by atoms with Crippen molar-refractivity contribution in [2.75, 3.05) is 0 Å². The molecule has 0 amide bonds. The van der Waals surface area contributed by atoms with Crippen LogP contribution in [0.3, 0.4) is 0 Å². The molecule has 140 valence electrons. The molecule has 1 nitrogen and oxygen atoms in total. The molecule has 1 aromatic heterocycles. The van der Waals surface area contributed by atoms with Gasteiger partial charge in [-0.25, -0.2) is 0 Å². The van der Waals surface area contributed by atoms with E-state index in [1.165, 1.54) is 44.4 Å². The van der Waals surface area contributed by atoms with E-state index in [4.69, 9.17) is 4.98 Å². The highest BCUT2D eigenvalue weighted by atomic mass is 28.3. The standard InChI is InChI=1S/C25H31NSi/c1-17-14-15-21(20(4)16-17)25(24-18(2)10-8-11-19(24)3)22-12-9-13-23(26-22)27(5,6)7/h8-16,25H,1-7H3. The Morgan fingerprint density at radius 3 is 1.96 bits per heavy atom. The van der Waals surface area contributed by atoms with Crippen LogP contribution in [0.25, 0.3) is 0 Å². The molecule has 3 aromatic rings. The van der Waals surface area contributed by atoms with Crippen molar-refractivity contribution >= 4 is 13.4 Å². The van der Waals surface area contributed by atoms with E-state index >= 15 is 0 Å². The Hall–Kier alpha value is -2.19. The molecule has 1 heterocycles. The lowest BCUT2D eigenvalue weighted by molar-refractivity contribution is 0.892. The summed E-state index contributed by atoms with van der Waals surface area (Å²) in [4.78, 5) is 5.20. The van der Waals surface area contributed by atoms with Gasteiger partial charge in [-0.2, -0.15) is 0 Å². The maximum Gasteiger partial charge on any atom is 0.101 e. The van der Waals surface area contributed by atoms with Crippen LogP contribution in [0.15, 0.2) is 54.6 Å². The quantitative estimate of drug-likeness (QED) is 0.508. The maximum atomic E-state index is 5.20. The molecule has 1 unspecified atom stereocenters. The second-order valence-corrected chi connectivity index (χ2v) is 13.8. The molecule has 2 heteroatoms. The molecule has 0 bridgehead atoms. The molecule has 0 spiro atoms. The van der Waals surface area contributed by atoms with Crippen LogP contribution >= 0.6 is 0 Å². The van der Waals surface area contributed by atoms with Gasteiger partial charge in [0.05, 0.1) is 11.6 Å². The summed E-state index contributed by atoms with van der Waals surface area (Å²) in [6.45, 7) is 15.9. The molecule has 0 radical (unpaired) electrons. The van der Waals surface area contributed by atoms with E-state index in [0.717, 1.165) is 0 Å². The number of rotatable bonds is 4. The average molecular weight is 374 g/mol. The Morgan fingerprint density at radius 1 is 0.741 bits per heavy atom. The SMILES string of the molecule is Cc1ccc(C(c2cccc([Si](C)(C)C)n2)c2c(C)cccc2C)c(C)c1. The molecule has 0 N–H and O–H groups in total. The third kappa shape index (κ3) is 4.06. The maximum absolute atomic E-state index is 5.20. The predicted octanol–water partition coefficient (Wildman–Crippen LogP) is 6.04. The zero-order valence-electron chi connectivity index (χ0n) is 17.7. The lowest BCUT2D eigenvalue weighted by Crippen LogP contribution is -2.40. The van der Waals surface area contributed by atoms with Crippen molar-refractivity contribution in [3.05, 3.63) is 93.7 Å². The number of hydrogen-bond acceptors (Lipinski definition) is 1. The lowest BCUT2D eigenvalue weighted by Gasteiger charge is -2.25. The topological polar surface area (TPSA) is 12.9 Å². The van der Waals surface area contributed by atoms with Gasteiger partial charge in [-0.1, -0.05) is 67.7 Å². The molecule has 1 atom stereocenters. The van der Waals surface area contributed by atoms with E-state index in [9.17, 15) is 0 Å². The molecule has 0 aliphatic heterocycles. The fourth-order valence-electron chi connectivity index (χ4n) is 3.92. The van der Waals surface area contributed by atoms with E-state index in [2.05, 4.69) is 102 Å². The van der Waals surface area contributed by atoms with E-state index in [0.29, 0.717) is 0 Å². The highest BCUT2D eigenvalue weighted by Crippen LogP contribution is 2.36. The second kappa shape index (κ2) is 7.44. The smallest absolute Gasteiger partial charge is 0.101 e. The highest BCUT2D eigenvalue weighted by Gasteiger charge is 2.25. The minimum Gasteiger partial charge on any atom is -0.262 e. The molecular formula is C25H31NSi. The van der Waals surface area contributed by atoms with Crippen LogP contribution in [0.1, 0.15) is 45.0 Å². The summed E-state index contributed by atoms with van der Waals surface area (Å²) in [5, 5.41) is 1.28. The summed E-state index contributed by atoms with van der Waals surface area (Å²) in [5.74, 6) is 0.170. The third-order valence-electron chi connectivity index (χ3n) is 5.40. The van der Waals surface area contributed by atoms with Gasteiger partial charge in [-0.15, -0.1) is 0 Å². The Labute approximate surface area is 165 Å². The normalized spacial score (nSPS) is 12.9. The predicted molar refractivity (Wildman–Crippen MR) is 120 cm³/mol. The fourth-order valence-corrected chi connectivity index (χ4v) is 4.99. The summed E-state index contributed by atoms with van der Waals surface area (Å²) >= 11 is 0. The first-order valence-corrected chi connectivity index (χ1v) is 13.3.